The molecule has 1 heterocycles. The summed E-state index contributed by atoms with van der Waals surface area (Å²) in [6.45, 7) is 5.66. The number of quaternary nitrogens is 1. The highest BCUT2D eigenvalue weighted by Crippen LogP contribution is 2.12. The van der Waals surface area contributed by atoms with Crippen molar-refractivity contribution < 1.29 is 9.28 Å². The normalized spacial score (nSPS) is 22.1. The highest BCUT2D eigenvalue weighted by atomic mass is 79.9. The first-order chi connectivity index (χ1) is 6.58. The largest absolute Gasteiger partial charge is 0.365 e. The standard InChI is InChI=1S/C9H18BrN3O/c1-12-3-6-13(5-2-10,7-4-12)8-9(11)14/h2-8H2,1H3,(H-,11,14)/p+1. The summed E-state index contributed by atoms with van der Waals surface area (Å²) in [5.41, 5.74) is 5.29. The van der Waals surface area contributed by atoms with Gasteiger partial charge in [-0.2, -0.15) is 0 Å². The van der Waals surface area contributed by atoms with Gasteiger partial charge in [0.25, 0.3) is 5.91 Å². The molecule has 0 aromatic carbocycles. The van der Waals surface area contributed by atoms with Crippen LogP contribution in [-0.2, 0) is 4.79 Å². The molecule has 1 rings (SSSR count). The average Bonchev–Trinajstić information content (AvgIpc) is 2.10. The Hall–Kier alpha value is -0.130. The molecule has 0 spiro atoms. The van der Waals surface area contributed by atoms with Gasteiger partial charge in [-0.05, 0) is 7.05 Å². The molecular weight excluding hydrogens is 246 g/mol. The Morgan fingerprint density at radius 2 is 2.07 bits per heavy atom. The number of primary amides is 1. The fraction of sp³-hybridized carbons (Fsp3) is 0.889. The van der Waals surface area contributed by atoms with E-state index < -0.39 is 0 Å². The number of carbonyl (C=O) groups is 1. The third-order valence-electron chi connectivity index (χ3n) is 2.96. The summed E-state index contributed by atoms with van der Waals surface area (Å²) in [6.07, 6.45) is 0. The number of carbonyl (C=O) groups excluding carboxylic acids is 1. The van der Waals surface area contributed by atoms with Crippen LogP contribution >= 0.6 is 15.9 Å². The van der Waals surface area contributed by atoms with Crippen molar-refractivity contribution in [3.63, 3.8) is 0 Å². The van der Waals surface area contributed by atoms with E-state index in [1.165, 1.54) is 0 Å². The van der Waals surface area contributed by atoms with E-state index >= 15 is 0 Å². The number of likely N-dealkylation sites (N-methyl/N-ethyl adjacent to an activating group) is 1. The minimum absolute atomic E-state index is 0.185. The van der Waals surface area contributed by atoms with Crippen LogP contribution < -0.4 is 5.73 Å². The van der Waals surface area contributed by atoms with Gasteiger partial charge >= 0.3 is 0 Å². The molecule has 4 nitrogen and oxygen atoms in total. The number of halogens is 1. The highest BCUT2D eigenvalue weighted by molar-refractivity contribution is 9.09. The van der Waals surface area contributed by atoms with Crippen LogP contribution in [0.25, 0.3) is 0 Å². The number of piperazine rings is 1. The Balaban J connectivity index is 2.57. The predicted molar refractivity (Wildman–Crippen MR) is 60.2 cm³/mol. The molecule has 1 amide bonds. The maximum Gasteiger partial charge on any atom is 0.272 e. The van der Waals surface area contributed by atoms with E-state index in [1.807, 2.05) is 0 Å². The number of alkyl halides is 1. The molecule has 0 aromatic rings. The number of nitrogens with two attached hydrogens (primary N) is 1. The zero-order valence-electron chi connectivity index (χ0n) is 8.71. The summed E-state index contributed by atoms with van der Waals surface area (Å²) in [4.78, 5) is 13.3. The van der Waals surface area contributed by atoms with Crippen LogP contribution in [0.1, 0.15) is 0 Å². The molecule has 1 aliphatic heterocycles. The van der Waals surface area contributed by atoms with E-state index in [2.05, 4.69) is 27.9 Å². The van der Waals surface area contributed by atoms with Gasteiger partial charge in [-0.15, -0.1) is 0 Å². The second-order valence-electron chi connectivity index (χ2n) is 4.13. The Morgan fingerprint density at radius 3 is 2.50 bits per heavy atom. The molecule has 0 unspecified atom stereocenters. The van der Waals surface area contributed by atoms with E-state index in [0.29, 0.717) is 6.54 Å². The first-order valence-corrected chi connectivity index (χ1v) is 6.08. The van der Waals surface area contributed by atoms with Gasteiger partial charge in [0.05, 0.1) is 25.0 Å². The third kappa shape index (κ3) is 3.22. The lowest BCUT2D eigenvalue weighted by molar-refractivity contribution is -0.922. The summed E-state index contributed by atoms with van der Waals surface area (Å²) >= 11 is 3.44. The maximum absolute atomic E-state index is 11.0. The predicted octanol–water partition coefficient (Wildman–Crippen LogP) is -0.371. The molecule has 82 valence electrons. The number of hydrogen-bond donors (Lipinski definition) is 1. The molecule has 0 radical (unpaired) electrons. The van der Waals surface area contributed by atoms with E-state index in [9.17, 15) is 4.79 Å². The summed E-state index contributed by atoms with van der Waals surface area (Å²) in [5, 5.41) is 0.935. The van der Waals surface area contributed by atoms with Gasteiger partial charge in [0.2, 0.25) is 0 Å². The van der Waals surface area contributed by atoms with Crippen LogP contribution in [0.4, 0.5) is 0 Å². The van der Waals surface area contributed by atoms with Crippen molar-refractivity contribution in [2.75, 3.05) is 51.6 Å². The van der Waals surface area contributed by atoms with Gasteiger partial charge in [0, 0.05) is 13.1 Å². The van der Waals surface area contributed by atoms with E-state index in [1.54, 1.807) is 0 Å². The fourth-order valence-corrected chi connectivity index (χ4v) is 2.71. The van der Waals surface area contributed by atoms with Gasteiger partial charge in [0.1, 0.15) is 0 Å². The lowest BCUT2D eigenvalue weighted by Gasteiger charge is -2.43. The molecule has 0 atom stereocenters. The molecule has 0 aromatic heterocycles. The first-order valence-electron chi connectivity index (χ1n) is 4.96. The van der Waals surface area contributed by atoms with Crippen LogP contribution in [0.5, 0.6) is 0 Å². The molecule has 0 bridgehead atoms. The quantitative estimate of drug-likeness (QED) is 0.557. The lowest BCUT2D eigenvalue weighted by atomic mass is 10.2. The fourth-order valence-electron chi connectivity index (χ4n) is 1.96. The summed E-state index contributed by atoms with van der Waals surface area (Å²) in [6, 6.07) is 0. The molecule has 14 heavy (non-hydrogen) atoms. The molecule has 2 N–H and O–H groups in total. The molecule has 0 aliphatic carbocycles. The van der Waals surface area contributed by atoms with Gasteiger partial charge in [-0.3, -0.25) is 9.69 Å². The van der Waals surface area contributed by atoms with Gasteiger partial charge in [-0.25, -0.2) is 0 Å². The molecule has 1 saturated heterocycles. The molecule has 5 heteroatoms. The van der Waals surface area contributed by atoms with Crippen molar-refractivity contribution in [3.8, 4) is 0 Å². The van der Waals surface area contributed by atoms with Crippen LogP contribution in [0.15, 0.2) is 0 Å². The van der Waals surface area contributed by atoms with Gasteiger partial charge in [0.15, 0.2) is 6.54 Å². The Labute approximate surface area is 93.8 Å². The molecular formula is C9H19BrN3O+. The number of hydrogen-bond acceptors (Lipinski definition) is 2. The van der Waals surface area contributed by atoms with Crippen LogP contribution in [0.3, 0.4) is 0 Å². The topological polar surface area (TPSA) is 46.3 Å². The van der Waals surface area contributed by atoms with Crippen molar-refractivity contribution >= 4 is 21.8 Å². The van der Waals surface area contributed by atoms with Gasteiger partial charge in [-0.1, -0.05) is 15.9 Å². The van der Waals surface area contributed by atoms with Crippen molar-refractivity contribution in [1.82, 2.24) is 4.90 Å². The summed E-state index contributed by atoms with van der Waals surface area (Å²) < 4.78 is 0.852. The smallest absolute Gasteiger partial charge is 0.272 e. The average molecular weight is 265 g/mol. The van der Waals surface area contributed by atoms with E-state index in [4.69, 9.17) is 5.73 Å². The zero-order chi connectivity index (χ0) is 10.6. The van der Waals surface area contributed by atoms with Crippen molar-refractivity contribution in [2.45, 2.75) is 0 Å². The van der Waals surface area contributed by atoms with Crippen LogP contribution in [-0.4, -0.2) is 66.9 Å². The monoisotopic (exact) mass is 264 g/mol. The summed E-state index contributed by atoms with van der Waals surface area (Å²) in [5.74, 6) is -0.185. The Morgan fingerprint density at radius 1 is 1.50 bits per heavy atom. The van der Waals surface area contributed by atoms with Crippen molar-refractivity contribution in [2.24, 2.45) is 5.73 Å². The highest BCUT2D eigenvalue weighted by Gasteiger charge is 2.32. The van der Waals surface area contributed by atoms with Crippen molar-refractivity contribution in [3.05, 3.63) is 0 Å². The maximum atomic E-state index is 11.0. The second-order valence-corrected chi connectivity index (χ2v) is 4.92. The Kier molecular flexibility index (Phi) is 4.34. The van der Waals surface area contributed by atoms with Crippen LogP contribution in [0.2, 0.25) is 0 Å². The molecule has 1 fully saturated rings. The third-order valence-corrected chi connectivity index (χ3v) is 3.32. The number of amides is 1. The lowest BCUT2D eigenvalue weighted by Crippen LogP contribution is -2.62. The van der Waals surface area contributed by atoms with Gasteiger partial charge < -0.3 is 10.2 Å². The molecule has 1 aliphatic rings. The first kappa shape index (κ1) is 11.9. The van der Waals surface area contributed by atoms with E-state index in [-0.39, 0.29) is 5.91 Å². The summed E-state index contributed by atoms with van der Waals surface area (Å²) in [7, 11) is 2.12. The minimum Gasteiger partial charge on any atom is -0.365 e. The SMILES string of the molecule is CN1CC[N+](CCBr)(CC(N)=O)CC1. The number of rotatable bonds is 4. The molecule has 0 saturated carbocycles. The second kappa shape index (κ2) is 5.09. The minimum atomic E-state index is -0.185. The zero-order valence-corrected chi connectivity index (χ0v) is 10.3. The Bertz CT molecular complexity index is 202. The van der Waals surface area contributed by atoms with E-state index in [0.717, 1.165) is 42.5 Å². The van der Waals surface area contributed by atoms with Crippen molar-refractivity contribution in [1.29, 1.82) is 0 Å². The van der Waals surface area contributed by atoms with Crippen LogP contribution in [0, 0.1) is 0 Å². The number of nitrogens with zero attached hydrogens (tertiary/aromatic N) is 2.